The Bertz CT molecular complexity index is 512. The molecule has 0 saturated carbocycles. The average Bonchev–Trinajstić information content (AvgIpc) is 2.71. The molecule has 1 aromatic carbocycles. The Balaban J connectivity index is 2.30. The molecular weight excluding hydrogens is 240 g/mol. The van der Waals surface area contributed by atoms with Gasteiger partial charge in [0.25, 0.3) is 0 Å². The van der Waals surface area contributed by atoms with E-state index in [4.69, 9.17) is 5.73 Å². The molecule has 2 rings (SSSR count). The summed E-state index contributed by atoms with van der Waals surface area (Å²) in [6, 6.07) is 8.57. The molecule has 0 aliphatic rings. The molecule has 96 valence electrons. The molecule has 0 saturated heterocycles. The third-order valence-corrected chi connectivity index (χ3v) is 3.96. The minimum absolute atomic E-state index is 0.558. The zero-order chi connectivity index (χ0) is 13.1. The second kappa shape index (κ2) is 5.53. The summed E-state index contributed by atoms with van der Waals surface area (Å²) >= 11 is 1.61. The Labute approximate surface area is 113 Å². The van der Waals surface area contributed by atoms with Crippen molar-refractivity contribution in [2.75, 3.05) is 5.73 Å². The third kappa shape index (κ3) is 2.72. The van der Waals surface area contributed by atoms with E-state index in [2.05, 4.69) is 50.0 Å². The lowest BCUT2D eigenvalue weighted by Gasteiger charge is -2.05. The molecule has 0 bridgehead atoms. The summed E-state index contributed by atoms with van der Waals surface area (Å²) in [5.41, 5.74) is 9.47. The molecule has 1 aromatic heterocycles. The number of hydrogen-bond donors (Lipinski definition) is 1. The summed E-state index contributed by atoms with van der Waals surface area (Å²) < 4.78 is 0. The van der Waals surface area contributed by atoms with Gasteiger partial charge >= 0.3 is 0 Å². The van der Waals surface area contributed by atoms with Crippen LogP contribution in [-0.4, -0.2) is 4.98 Å². The van der Waals surface area contributed by atoms with Gasteiger partial charge in [0.15, 0.2) is 0 Å². The Morgan fingerprint density at radius 2 is 1.89 bits per heavy atom. The number of thiazole rings is 1. The van der Waals surface area contributed by atoms with E-state index in [1.165, 1.54) is 5.56 Å². The molecule has 0 atom stereocenters. The standard InChI is InChI=1S/C15H20N2S/c1-4-5-13-17-14(15(16)18-13)12-8-6-11(7-9-12)10(2)3/h6-10H,4-5,16H2,1-3H3. The van der Waals surface area contributed by atoms with Crippen molar-refractivity contribution < 1.29 is 0 Å². The minimum atomic E-state index is 0.558. The van der Waals surface area contributed by atoms with Crippen molar-refractivity contribution in [1.29, 1.82) is 0 Å². The second-order valence-corrected chi connectivity index (χ2v) is 5.96. The predicted molar refractivity (Wildman–Crippen MR) is 80.0 cm³/mol. The molecule has 2 aromatic rings. The van der Waals surface area contributed by atoms with Gasteiger partial charge in [-0.05, 0) is 24.3 Å². The normalized spacial score (nSPS) is 11.1. The fraction of sp³-hybridized carbons (Fsp3) is 0.400. The van der Waals surface area contributed by atoms with Gasteiger partial charge in [-0.2, -0.15) is 0 Å². The Morgan fingerprint density at radius 1 is 1.22 bits per heavy atom. The highest BCUT2D eigenvalue weighted by Crippen LogP contribution is 2.31. The molecule has 0 unspecified atom stereocenters. The van der Waals surface area contributed by atoms with Crippen molar-refractivity contribution in [3.8, 4) is 11.3 Å². The van der Waals surface area contributed by atoms with E-state index in [0.29, 0.717) is 5.92 Å². The number of anilines is 1. The molecule has 3 heteroatoms. The minimum Gasteiger partial charge on any atom is -0.389 e. The lowest BCUT2D eigenvalue weighted by atomic mass is 10.0. The zero-order valence-corrected chi connectivity index (χ0v) is 12.1. The van der Waals surface area contributed by atoms with E-state index >= 15 is 0 Å². The summed E-state index contributed by atoms with van der Waals surface area (Å²) in [5.74, 6) is 0.558. The largest absolute Gasteiger partial charge is 0.389 e. The van der Waals surface area contributed by atoms with Crippen molar-refractivity contribution in [3.05, 3.63) is 34.8 Å². The van der Waals surface area contributed by atoms with E-state index in [0.717, 1.165) is 34.1 Å². The van der Waals surface area contributed by atoms with Gasteiger partial charge < -0.3 is 5.73 Å². The fourth-order valence-electron chi connectivity index (χ4n) is 1.93. The second-order valence-electron chi connectivity index (χ2n) is 4.85. The van der Waals surface area contributed by atoms with Crippen molar-refractivity contribution in [3.63, 3.8) is 0 Å². The Hall–Kier alpha value is -1.35. The predicted octanol–water partition coefficient (Wildman–Crippen LogP) is 4.47. The first-order valence-corrected chi connectivity index (χ1v) is 7.29. The quantitative estimate of drug-likeness (QED) is 0.881. The number of rotatable bonds is 4. The molecule has 0 spiro atoms. The highest BCUT2D eigenvalue weighted by molar-refractivity contribution is 7.16. The van der Waals surface area contributed by atoms with E-state index in [9.17, 15) is 0 Å². The number of benzene rings is 1. The first kappa shape index (κ1) is 13.1. The number of nitrogens with zero attached hydrogens (tertiary/aromatic N) is 1. The van der Waals surface area contributed by atoms with E-state index < -0.39 is 0 Å². The summed E-state index contributed by atoms with van der Waals surface area (Å²) in [7, 11) is 0. The van der Waals surface area contributed by atoms with Crippen LogP contribution in [0.2, 0.25) is 0 Å². The lowest BCUT2D eigenvalue weighted by molar-refractivity contribution is 0.867. The first-order chi connectivity index (χ1) is 8.61. The van der Waals surface area contributed by atoms with Crippen LogP contribution in [-0.2, 0) is 6.42 Å². The SMILES string of the molecule is CCCc1nc(-c2ccc(C(C)C)cc2)c(N)s1. The van der Waals surface area contributed by atoms with Gasteiger partial charge in [-0.25, -0.2) is 4.98 Å². The Morgan fingerprint density at radius 3 is 2.44 bits per heavy atom. The first-order valence-electron chi connectivity index (χ1n) is 6.47. The van der Waals surface area contributed by atoms with Crippen LogP contribution in [0.3, 0.4) is 0 Å². The lowest BCUT2D eigenvalue weighted by Crippen LogP contribution is -1.89. The molecule has 0 radical (unpaired) electrons. The topological polar surface area (TPSA) is 38.9 Å². The van der Waals surface area contributed by atoms with Crippen molar-refractivity contribution >= 4 is 16.3 Å². The molecule has 0 aliphatic carbocycles. The van der Waals surface area contributed by atoms with Gasteiger partial charge in [-0.1, -0.05) is 45.0 Å². The maximum Gasteiger partial charge on any atom is 0.114 e. The summed E-state index contributed by atoms with van der Waals surface area (Å²) in [6.45, 7) is 6.56. The molecule has 2 N–H and O–H groups in total. The van der Waals surface area contributed by atoms with Crippen LogP contribution < -0.4 is 5.73 Å². The van der Waals surface area contributed by atoms with Gasteiger partial charge in [-0.3, -0.25) is 0 Å². The van der Waals surface area contributed by atoms with Crippen molar-refractivity contribution in [2.45, 2.75) is 39.5 Å². The van der Waals surface area contributed by atoms with Crippen LogP contribution in [0.1, 0.15) is 43.7 Å². The zero-order valence-electron chi connectivity index (χ0n) is 11.2. The maximum absolute atomic E-state index is 6.06. The smallest absolute Gasteiger partial charge is 0.114 e. The van der Waals surface area contributed by atoms with Crippen LogP contribution in [0.25, 0.3) is 11.3 Å². The molecule has 0 aliphatic heterocycles. The van der Waals surface area contributed by atoms with Crippen LogP contribution >= 0.6 is 11.3 Å². The molecule has 0 amide bonds. The summed E-state index contributed by atoms with van der Waals surface area (Å²) in [5, 5.41) is 1.97. The molecule has 2 nitrogen and oxygen atoms in total. The van der Waals surface area contributed by atoms with Crippen molar-refractivity contribution in [1.82, 2.24) is 4.98 Å². The average molecular weight is 260 g/mol. The number of nitrogens with two attached hydrogens (primary N) is 1. The van der Waals surface area contributed by atoms with Gasteiger partial charge in [0.05, 0.1) is 5.01 Å². The maximum atomic E-state index is 6.06. The van der Waals surface area contributed by atoms with Crippen LogP contribution in [0.5, 0.6) is 0 Å². The number of hydrogen-bond acceptors (Lipinski definition) is 3. The van der Waals surface area contributed by atoms with E-state index in [1.807, 2.05) is 0 Å². The molecule has 0 fully saturated rings. The Kier molecular flexibility index (Phi) is 4.02. The van der Waals surface area contributed by atoms with Crippen molar-refractivity contribution in [2.24, 2.45) is 0 Å². The van der Waals surface area contributed by atoms with Gasteiger partial charge in [0.1, 0.15) is 10.7 Å². The highest BCUT2D eigenvalue weighted by atomic mass is 32.1. The van der Waals surface area contributed by atoms with Gasteiger partial charge in [-0.15, -0.1) is 11.3 Å². The van der Waals surface area contributed by atoms with Gasteiger partial charge in [0, 0.05) is 5.56 Å². The van der Waals surface area contributed by atoms with Crippen LogP contribution in [0.4, 0.5) is 5.00 Å². The molecule has 18 heavy (non-hydrogen) atoms. The molecule has 1 heterocycles. The van der Waals surface area contributed by atoms with E-state index in [1.54, 1.807) is 11.3 Å². The summed E-state index contributed by atoms with van der Waals surface area (Å²) in [6.07, 6.45) is 2.12. The summed E-state index contributed by atoms with van der Waals surface area (Å²) in [4.78, 5) is 4.64. The highest BCUT2D eigenvalue weighted by Gasteiger charge is 2.10. The van der Waals surface area contributed by atoms with Crippen LogP contribution in [0, 0.1) is 0 Å². The fourth-order valence-corrected chi connectivity index (χ4v) is 2.89. The monoisotopic (exact) mass is 260 g/mol. The van der Waals surface area contributed by atoms with E-state index in [-0.39, 0.29) is 0 Å². The van der Waals surface area contributed by atoms with Gasteiger partial charge in [0.2, 0.25) is 0 Å². The number of aryl methyl sites for hydroxylation is 1. The third-order valence-electron chi connectivity index (χ3n) is 3.01. The molecular formula is C15H20N2S. The number of nitrogen functional groups attached to an aromatic ring is 1. The van der Waals surface area contributed by atoms with Crippen LogP contribution in [0.15, 0.2) is 24.3 Å². The number of aromatic nitrogens is 1.